The highest BCUT2D eigenvalue weighted by molar-refractivity contribution is 5.64. The molecule has 0 unspecified atom stereocenters. The monoisotopic (exact) mass is 194 g/mol. The molecule has 0 bridgehead atoms. The molecule has 3 nitrogen and oxygen atoms in total. The van der Waals surface area contributed by atoms with Gasteiger partial charge in [0.05, 0.1) is 6.61 Å². The number of ether oxygens (including phenoxy) is 2. The second-order valence-electron chi connectivity index (χ2n) is 2.98. The Bertz CT molecular complexity index is 331. The number of rotatable bonds is 2. The highest BCUT2D eigenvalue weighted by atomic mass is 16.7. The molecule has 0 aliphatic carbocycles. The topological polar surface area (TPSA) is 35.5 Å². The summed E-state index contributed by atoms with van der Waals surface area (Å²) in [4.78, 5) is 11.0. The zero-order valence-corrected chi connectivity index (χ0v) is 8.66. The molecule has 0 saturated heterocycles. The third kappa shape index (κ3) is 2.49. The van der Waals surface area contributed by atoms with E-state index in [-0.39, 0.29) is 0 Å². The van der Waals surface area contributed by atoms with Crippen LogP contribution in [0.4, 0.5) is 4.79 Å². The maximum atomic E-state index is 11.0. The van der Waals surface area contributed by atoms with E-state index in [9.17, 15) is 4.79 Å². The van der Waals surface area contributed by atoms with Gasteiger partial charge in [-0.05, 0) is 38.0 Å². The van der Waals surface area contributed by atoms with Gasteiger partial charge in [0.15, 0.2) is 0 Å². The zero-order chi connectivity index (χ0) is 10.6. The minimum absolute atomic E-state index is 0.323. The van der Waals surface area contributed by atoms with E-state index >= 15 is 0 Å². The van der Waals surface area contributed by atoms with E-state index in [4.69, 9.17) is 4.74 Å². The van der Waals surface area contributed by atoms with Gasteiger partial charge in [-0.2, -0.15) is 0 Å². The highest BCUT2D eigenvalue weighted by Crippen LogP contribution is 2.20. The largest absolute Gasteiger partial charge is 0.513 e. The van der Waals surface area contributed by atoms with E-state index in [2.05, 4.69) is 4.74 Å². The van der Waals surface area contributed by atoms with Crippen molar-refractivity contribution in [2.45, 2.75) is 20.8 Å². The van der Waals surface area contributed by atoms with Crippen molar-refractivity contribution in [3.63, 3.8) is 0 Å². The van der Waals surface area contributed by atoms with Gasteiger partial charge >= 0.3 is 6.16 Å². The Labute approximate surface area is 83.6 Å². The lowest BCUT2D eigenvalue weighted by Gasteiger charge is -2.08. The van der Waals surface area contributed by atoms with Crippen LogP contribution in [0, 0.1) is 13.8 Å². The number of carbonyl (C=O) groups excluding carboxylic acids is 1. The van der Waals surface area contributed by atoms with Crippen LogP contribution in [-0.2, 0) is 4.74 Å². The van der Waals surface area contributed by atoms with Gasteiger partial charge in [0.1, 0.15) is 5.75 Å². The average Bonchev–Trinajstić information content (AvgIpc) is 2.13. The summed E-state index contributed by atoms with van der Waals surface area (Å²) in [6, 6.07) is 5.56. The van der Waals surface area contributed by atoms with Crippen molar-refractivity contribution in [1.82, 2.24) is 0 Å². The molecule has 1 aromatic carbocycles. The molecule has 0 heterocycles. The second kappa shape index (κ2) is 4.65. The van der Waals surface area contributed by atoms with Crippen molar-refractivity contribution in [3.05, 3.63) is 29.3 Å². The quantitative estimate of drug-likeness (QED) is 0.536. The van der Waals surface area contributed by atoms with Gasteiger partial charge in [-0.25, -0.2) is 4.79 Å². The first-order chi connectivity index (χ1) is 6.65. The predicted octanol–water partition coefficient (Wildman–Crippen LogP) is 2.84. The summed E-state index contributed by atoms with van der Waals surface area (Å²) in [6.07, 6.45) is -0.652. The van der Waals surface area contributed by atoms with E-state index in [0.717, 1.165) is 11.1 Å². The number of hydrogen-bond donors (Lipinski definition) is 0. The molecule has 76 valence electrons. The van der Waals surface area contributed by atoms with Gasteiger partial charge in [0.25, 0.3) is 0 Å². The fraction of sp³-hybridized carbons (Fsp3) is 0.364. The Hall–Kier alpha value is -1.51. The lowest BCUT2D eigenvalue weighted by molar-refractivity contribution is 0.104. The molecule has 0 saturated carbocycles. The van der Waals surface area contributed by atoms with E-state index in [1.54, 1.807) is 13.0 Å². The van der Waals surface area contributed by atoms with Gasteiger partial charge in [0.2, 0.25) is 0 Å². The minimum atomic E-state index is -0.652. The molecule has 0 amide bonds. The Morgan fingerprint density at radius 3 is 2.71 bits per heavy atom. The molecule has 0 radical (unpaired) electrons. The predicted molar refractivity (Wildman–Crippen MR) is 53.6 cm³/mol. The molecule has 3 heteroatoms. The fourth-order valence-electron chi connectivity index (χ4n) is 1.07. The van der Waals surface area contributed by atoms with Gasteiger partial charge in [0, 0.05) is 0 Å². The normalized spacial score (nSPS) is 9.64. The molecule has 1 aromatic rings. The summed E-state index contributed by atoms with van der Waals surface area (Å²) in [7, 11) is 0. The summed E-state index contributed by atoms with van der Waals surface area (Å²) >= 11 is 0. The van der Waals surface area contributed by atoms with E-state index in [1.807, 2.05) is 26.0 Å². The summed E-state index contributed by atoms with van der Waals surface area (Å²) in [6.45, 7) is 5.94. The first-order valence-electron chi connectivity index (χ1n) is 4.56. The first-order valence-corrected chi connectivity index (χ1v) is 4.56. The highest BCUT2D eigenvalue weighted by Gasteiger charge is 2.07. The van der Waals surface area contributed by atoms with E-state index < -0.39 is 6.16 Å². The van der Waals surface area contributed by atoms with Crippen LogP contribution in [0.3, 0.4) is 0 Å². The molecule has 0 atom stereocenters. The van der Waals surface area contributed by atoms with Crippen LogP contribution < -0.4 is 4.74 Å². The van der Waals surface area contributed by atoms with Gasteiger partial charge in [-0.3, -0.25) is 0 Å². The van der Waals surface area contributed by atoms with Crippen LogP contribution >= 0.6 is 0 Å². The maximum Gasteiger partial charge on any atom is 0.513 e. The van der Waals surface area contributed by atoms with Crippen molar-refractivity contribution in [1.29, 1.82) is 0 Å². The molecule has 0 spiro atoms. The average molecular weight is 194 g/mol. The number of hydrogen-bond acceptors (Lipinski definition) is 3. The molecule has 0 N–H and O–H groups in total. The van der Waals surface area contributed by atoms with Crippen molar-refractivity contribution in [3.8, 4) is 5.75 Å². The molecular weight excluding hydrogens is 180 g/mol. The number of aryl methyl sites for hydroxylation is 1. The van der Waals surface area contributed by atoms with Crippen LogP contribution in [0.2, 0.25) is 0 Å². The number of carbonyl (C=O) groups is 1. The van der Waals surface area contributed by atoms with Gasteiger partial charge < -0.3 is 9.47 Å². The Morgan fingerprint density at radius 1 is 1.36 bits per heavy atom. The van der Waals surface area contributed by atoms with Crippen LogP contribution in [0.1, 0.15) is 18.1 Å². The molecule has 1 rings (SSSR count). The standard InChI is InChI=1S/C11H14O3/c1-4-13-11(12)14-10-7-5-6-8(2)9(10)3/h5-7H,4H2,1-3H3. The summed E-state index contributed by atoms with van der Waals surface area (Å²) in [5.74, 6) is 0.559. The summed E-state index contributed by atoms with van der Waals surface area (Å²) in [5.41, 5.74) is 2.05. The SMILES string of the molecule is CCOC(=O)Oc1cccc(C)c1C. The first kappa shape index (κ1) is 10.6. The maximum absolute atomic E-state index is 11.0. The molecular formula is C11H14O3. The Morgan fingerprint density at radius 2 is 2.07 bits per heavy atom. The molecule has 0 aromatic heterocycles. The van der Waals surface area contributed by atoms with Crippen molar-refractivity contribution >= 4 is 6.16 Å². The van der Waals surface area contributed by atoms with E-state index in [1.165, 1.54) is 0 Å². The molecule has 14 heavy (non-hydrogen) atoms. The fourth-order valence-corrected chi connectivity index (χ4v) is 1.07. The molecule has 0 aliphatic rings. The van der Waals surface area contributed by atoms with Crippen molar-refractivity contribution < 1.29 is 14.3 Å². The van der Waals surface area contributed by atoms with Gasteiger partial charge in [-0.1, -0.05) is 12.1 Å². The second-order valence-corrected chi connectivity index (χ2v) is 2.98. The zero-order valence-electron chi connectivity index (χ0n) is 8.66. The number of benzene rings is 1. The van der Waals surface area contributed by atoms with E-state index in [0.29, 0.717) is 12.4 Å². The third-order valence-corrected chi connectivity index (χ3v) is 2.01. The molecule has 0 aliphatic heterocycles. The van der Waals surface area contributed by atoms with Gasteiger partial charge in [-0.15, -0.1) is 0 Å². The summed E-state index contributed by atoms with van der Waals surface area (Å²) < 4.78 is 9.68. The van der Waals surface area contributed by atoms with Crippen molar-refractivity contribution in [2.24, 2.45) is 0 Å². The third-order valence-electron chi connectivity index (χ3n) is 2.01. The van der Waals surface area contributed by atoms with Crippen molar-refractivity contribution in [2.75, 3.05) is 6.61 Å². The van der Waals surface area contributed by atoms with Crippen LogP contribution in [-0.4, -0.2) is 12.8 Å². The van der Waals surface area contributed by atoms with Crippen LogP contribution in [0.5, 0.6) is 5.75 Å². The molecule has 0 fully saturated rings. The lowest BCUT2D eigenvalue weighted by atomic mass is 10.1. The Balaban J connectivity index is 2.76. The Kier molecular flexibility index (Phi) is 3.51. The van der Waals surface area contributed by atoms with Crippen LogP contribution in [0.25, 0.3) is 0 Å². The van der Waals surface area contributed by atoms with Crippen LogP contribution in [0.15, 0.2) is 18.2 Å². The lowest BCUT2D eigenvalue weighted by Crippen LogP contribution is -2.10. The summed E-state index contributed by atoms with van der Waals surface area (Å²) in [5, 5.41) is 0. The minimum Gasteiger partial charge on any atom is -0.434 e. The smallest absolute Gasteiger partial charge is 0.434 e.